The van der Waals surface area contributed by atoms with Gasteiger partial charge in [0.15, 0.2) is 0 Å². The Kier molecular flexibility index (Phi) is 3.35. The maximum absolute atomic E-state index is 4.54. The quantitative estimate of drug-likeness (QED) is 0.814. The SMILES string of the molecule is CC(C)(C)C1NNC2CC(c3ccccn3)CCC21. The highest BCUT2D eigenvalue weighted by molar-refractivity contribution is 5.13. The van der Waals surface area contributed by atoms with Gasteiger partial charge < -0.3 is 0 Å². The lowest BCUT2D eigenvalue weighted by Crippen LogP contribution is -2.42. The Hall–Kier alpha value is -0.930. The molecule has 4 unspecified atom stereocenters. The van der Waals surface area contributed by atoms with Crippen molar-refractivity contribution in [2.45, 2.75) is 58.0 Å². The van der Waals surface area contributed by atoms with Crippen LogP contribution in [0.5, 0.6) is 0 Å². The lowest BCUT2D eigenvalue weighted by Gasteiger charge is -2.37. The number of pyridine rings is 1. The van der Waals surface area contributed by atoms with E-state index in [0.29, 0.717) is 23.4 Å². The molecular weight excluding hydrogens is 234 g/mol. The second-order valence-corrected chi connectivity index (χ2v) is 7.17. The van der Waals surface area contributed by atoms with Gasteiger partial charge in [-0.15, -0.1) is 0 Å². The first kappa shape index (κ1) is 13.1. The fraction of sp³-hybridized carbons (Fsp3) is 0.688. The molecular formula is C16H25N3. The number of hydrogen-bond donors (Lipinski definition) is 2. The minimum absolute atomic E-state index is 0.324. The van der Waals surface area contributed by atoms with E-state index in [1.165, 1.54) is 25.0 Å². The van der Waals surface area contributed by atoms with Gasteiger partial charge in [0, 0.05) is 29.9 Å². The Morgan fingerprint density at radius 2 is 2.00 bits per heavy atom. The number of nitrogens with one attached hydrogen (secondary N) is 2. The second kappa shape index (κ2) is 4.88. The first-order valence-electron chi connectivity index (χ1n) is 7.47. The molecule has 2 fully saturated rings. The van der Waals surface area contributed by atoms with Gasteiger partial charge in [0.25, 0.3) is 0 Å². The maximum Gasteiger partial charge on any atom is 0.0435 e. The number of fused-ring (bicyclic) bond motifs is 1. The molecule has 1 aromatic heterocycles. The van der Waals surface area contributed by atoms with Crippen LogP contribution in [0.1, 0.15) is 51.6 Å². The van der Waals surface area contributed by atoms with Crippen molar-refractivity contribution in [3.05, 3.63) is 30.1 Å². The third-order valence-corrected chi connectivity index (χ3v) is 4.80. The molecule has 3 nitrogen and oxygen atoms in total. The summed E-state index contributed by atoms with van der Waals surface area (Å²) in [7, 11) is 0. The van der Waals surface area contributed by atoms with E-state index in [9.17, 15) is 0 Å². The molecule has 1 aliphatic heterocycles. The molecule has 0 radical (unpaired) electrons. The summed E-state index contributed by atoms with van der Waals surface area (Å²) >= 11 is 0. The van der Waals surface area contributed by atoms with E-state index in [-0.39, 0.29) is 0 Å². The van der Waals surface area contributed by atoms with Crippen LogP contribution in [0.15, 0.2) is 24.4 Å². The lowest BCUT2D eigenvalue weighted by molar-refractivity contribution is 0.195. The van der Waals surface area contributed by atoms with Crippen LogP contribution in [0.2, 0.25) is 0 Å². The Balaban J connectivity index is 1.71. The average molecular weight is 259 g/mol. The average Bonchev–Trinajstić information content (AvgIpc) is 2.82. The van der Waals surface area contributed by atoms with E-state index in [1.54, 1.807) is 0 Å². The van der Waals surface area contributed by atoms with Crippen molar-refractivity contribution in [3.8, 4) is 0 Å². The topological polar surface area (TPSA) is 37.0 Å². The van der Waals surface area contributed by atoms with E-state index in [0.717, 1.165) is 5.92 Å². The van der Waals surface area contributed by atoms with Gasteiger partial charge in [0.05, 0.1) is 0 Å². The summed E-state index contributed by atoms with van der Waals surface area (Å²) in [4.78, 5) is 4.54. The largest absolute Gasteiger partial charge is 0.261 e. The van der Waals surface area contributed by atoms with E-state index in [2.05, 4.69) is 48.7 Å². The zero-order valence-corrected chi connectivity index (χ0v) is 12.2. The van der Waals surface area contributed by atoms with Crippen LogP contribution in [0, 0.1) is 11.3 Å². The van der Waals surface area contributed by atoms with Crippen LogP contribution in [0.3, 0.4) is 0 Å². The number of hydrazine groups is 1. The molecule has 2 heterocycles. The summed E-state index contributed by atoms with van der Waals surface area (Å²) < 4.78 is 0. The van der Waals surface area contributed by atoms with E-state index in [4.69, 9.17) is 0 Å². The number of hydrogen-bond acceptors (Lipinski definition) is 3. The highest BCUT2D eigenvalue weighted by Gasteiger charge is 2.44. The number of nitrogens with zero attached hydrogens (tertiary/aromatic N) is 1. The zero-order chi connectivity index (χ0) is 13.5. The number of aromatic nitrogens is 1. The minimum atomic E-state index is 0.324. The highest BCUT2D eigenvalue weighted by atomic mass is 15.4. The standard InChI is InChI=1S/C16H25N3/c1-16(2,3)15-12-8-7-11(10-14(12)18-19-15)13-6-4-5-9-17-13/h4-6,9,11-12,14-15,18-19H,7-8,10H2,1-3H3. The van der Waals surface area contributed by atoms with Crippen molar-refractivity contribution in [1.29, 1.82) is 0 Å². The van der Waals surface area contributed by atoms with Crippen molar-refractivity contribution in [2.24, 2.45) is 11.3 Å². The molecule has 19 heavy (non-hydrogen) atoms. The van der Waals surface area contributed by atoms with Crippen molar-refractivity contribution in [1.82, 2.24) is 15.8 Å². The fourth-order valence-corrected chi connectivity index (χ4v) is 3.81. The van der Waals surface area contributed by atoms with E-state index < -0.39 is 0 Å². The van der Waals surface area contributed by atoms with Gasteiger partial charge in [-0.2, -0.15) is 0 Å². The molecule has 3 rings (SSSR count). The normalized spacial score (nSPS) is 35.1. The predicted molar refractivity (Wildman–Crippen MR) is 77.6 cm³/mol. The predicted octanol–water partition coefficient (Wildman–Crippen LogP) is 2.86. The summed E-state index contributed by atoms with van der Waals surface area (Å²) in [6.45, 7) is 7.00. The smallest absolute Gasteiger partial charge is 0.0435 e. The van der Waals surface area contributed by atoms with Crippen molar-refractivity contribution < 1.29 is 0 Å². The van der Waals surface area contributed by atoms with Crippen LogP contribution < -0.4 is 10.9 Å². The molecule has 2 N–H and O–H groups in total. The molecule has 1 saturated carbocycles. The first-order chi connectivity index (χ1) is 9.05. The summed E-state index contributed by atoms with van der Waals surface area (Å²) in [6, 6.07) is 7.47. The Labute approximate surface area is 116 Å². The maximum atomic E-state index is 4.54. The Morgan fingerprint density at radius 3 is 2.68 bits per heavy atom. The Morgan fingerprint density at radius 1 is 1.16 bits per heavy atom. The molecule has 104 valence electrons. The molecule has 0 bridgehead atoms. The van der Waals surface area contributed by atoms with Crippen molar-refractivity contribution in [2.75, 3.05) is 0 Å². The van der Waals surface area contributed by atoms with Gasteiger partial charge in [-0.05, 0) is 42.7 Å². The molecule has 0 amide bonds. The Bertz CT molecular complexity index is 423. The lowest BCUT2D eigenvalue weighted by atomic mass is 9.69. The van der Waals surface area contributed by atoms with Gasteiger partial charge in [-0.1, -0.05) is 26.8 Å². The molecule has 0 aromatic carbocycles. The molecule has 1 saturated heterocycles. The third-order valence-electron chi connectivity index (χ3n) is 4.80. The molecule has 3 heteroatoms. The van der Waals surface area contributed by atoms with Crippen LogP contribution in [-0.4, -0.2) is 17.1 Å². The minimum Gasteiger partial charge on any atom is -0.261 e. The van der Waals surface area contributed by atoms with Gasteiger partial charge >= 0.3 is 0 Å². The molecule has 1 aromatic rings. The van der Waals surface area contributed by atoms with Crippen molar-refractivity contribution in [3.63, 3.8) is 0 Å². The van der Waals surface area contributed by atoms with Gasteiger partial charge in [-0.25, -0.2) is 0 Å². The summed E-state index contributed by atoms with van der Waals surface area (Å²) in [5.74, 6) is 1.38. The summed E-state index contributed by atoms with van der Waals surface area (Å²) in [5, 5.41) is 0. The van der Waals surface area contributed by atoms with Crippen LogP contribution in [0.25, 0.3) is 0 Å². The molecule has 1 aliphatic carbocycles. The number of rotatable bonds is 1. The van der Waals surface area contributed by atoms with Crippen LogP contribution >= 0.6 is 0 Å². The van der Waals surface area contributed by atoms with E-state index >= 15 is 0 Å². The van der Waals surface area contributed by atoms with Crippen LogP contribution in [0.4, 0.5) is 0 Å². The van der Waals surface area contributed by atoms with Crippen LogP contribution in [-0.2, 0) is 0 Å². The highest BCUT2D eigenvalue weighted by Crippen LogP contribution is 2.42. The van der Waals surface area contributed by atoms with E-state index in [1.807, 2.05) is 12.3 Å². The van der Waals surface area contributed by atoms with Crippen molar-refractivity contribution >= 4 is 0 Å². The monoisotopic (exact) mass is 259 g/mol. The first-order valence-corrected chi connectivity index (χ1v) is 7.47. The van der Waals surface area contributed by atoms with Gasteiger partial charge in [0.1, 0.15) is 0 Å². The second-order valence-electron chi connectivity index (χ2n) is 7.17. The molecule has 4 atom stereocenters. The zero-order valence-electron chi connectivity index (χ0n) is 12.2. The summed E-state index contributed by atoms with van der Waals surface area (Å²) in [5.41, 5.74) is 8.67. The third kappa shape index (κ3) is 2.54. The fourth-order valence-electron chi connectivity index (χ4n) is 3.81. The molecule has 0 spiro atoms. The van der Waals surface area contributed by atoms with Gasteiger partial charge in [-0.3, -0.25) is 15.8 Å². The summed E-state index contributed by atoms with van der Waals surface area (Å²) in [6.07, 6.45) is 5.70. The van der Waals surface area contributed by atoms with Gasteiger partial charge in [0.2, 0.25) is 0 Å². The molecule has 2 aliphatic rings.